The van der Waals surface area contributed by atoms with E-state index >= 15 is 0 Å². The van der Waals surface area contributed by atoms with Crippen molar-refractivity contribution in [2.45, 2.75) is 6.54 Å². The van der Waals surface area contributed by atoms with Gasteiger partial charge in [0.25, 0.3) is 16.8 Å². The van der Waals surface area contributed by atoms with E-state index in [1.165, 1.54) is 23.1 Å². The molecule has 1 fully saturated rings. The van der Waals surface area contributed by atoms with E-state index in [1.807, 2.05) is 42.5 Å². The standard InChI is InChI=1S/C28H18N2O6S/c31-26-25(37-28(33)29(26)17-19-11-12-20-6-1-2-7-21(20)13-19)15-18-5-3-10-24(14-18)36-27(32)22-8-4-9-23(16-22)30(34)35/h1-16H,17H2/b25-15-. The number of non-ortho nitro benzene ring substituents is 1. The molecule has 1 heterocycles. The van der Waals surface area contributed by atoms with E-state index in [0.717, 1.165) is 34.2 Å². The lowest BCUT2D eigenvalue weighted by molar-refractivity contribution is -0.384. The van der Waals surface area contributed by atoms with Crippen LogP contribution < -0.4 is 4.74 Å². The number of imide groups is 1. The summed E-state index contributed by atoms with van der Waals surface area (Å²) in [5.41, 5.74) is 1.22. The molecule has 0 aromatic heterocycles. The second kappa shape index (κ2) is 10.1. The molecule has 0 unspecified atom stereocenters. The first-order chi connectivity index (χ1) is 17.9. The van der Waals surface area contributed by atoms with Gasteiger partial charge in [-0.3, -0.25) is 24.6 Å². The van der Waals surface area contributed by atoms with Crippen LogP contribution in [0, 0.1) is 10.1 Å². The van der Waals surface area contributed by atoms with Gasteiger partial charge >= 0.3 is 5.97 Å². The lowest BCUT2D eigenvalue weighted by Gasteiger charge is -2.13. The Morgan fingerprint density at radius 1 is 0.919 bits per heavy atom. The van der Waals surface area contributed by atoms with Crippen molar-refractivity contribution in [1.29, 1.82) is 0 Å². The van der Waals surface area contributed by atoms with E-state index in [-0.39, 0.29) is 33.7 Å². The van der Waals surface area contributed by atoms with Gasteiger partial charge in [-0.2, -0.15) is 0 Å². The topological polar surface area (TPSA) is 107 Å². The number of esters is 1. The SMILES string of the molecule is O=C(Oc1cccc(/C=C2\SC(=O)N(Cc3ccc4ccccc4c3)C2=O)c1)c1cccc([N+](=O)[O-])c1. The quantitative estimate of drug-likeness (QED) is 0.0999. The van der Waals surface area contributed by atoms with Crippen molar-refractivity contribution in [3.05, 3.63) is 123 Å². The van der Waals surface area contributed by atoms with Crippen molar-refractivity contribution in [2.75, 3.05) is 0 Å². The van der Waals surface area contributed by atoms with Crippen LogP contribution in [0.3, 0.4) is 0 Å². The zero-order chi connectivity index (χ0) is 25.9. The number of nitro benzene ring substituents is 1. The molecule has 4 aromatic carbocycles. The number of benzene rings is 4. The number of fused-ring (bicyclic) bond motifs is 1. The van der Waals surface area contributed by atoms with Crippen molar-refractivity contribution in [2.24, 2.45) is 0 Å². The van der Waals surface area contributed by atoms with E-state index in [9.17, 15) is 24.5 Å². The predicted molar refractivity (Wildman–Crippen MR) is 140 cm³/mol. The zero-order valence-electron chi connectivity index (χ0n) is 19.2. The molecule has 182 valence electrons. The number of rotatable bonds is 6. The maximum absolute atomic E-state index is 13.0. The number of hydrogen-bond donors (Lipinski definition) is 0. The van der Waals surface area contributed by atoms with Crippen molar-refractivity contribution in [3.8, 4) is 5.75 Å². The molecule has 1 aliphatic heterocycles. The highest BCUT2D eigenvalue weighted by Crippen LogP contribution is 2.34. The Kier molecular flexibility index (Phi) is 6.53. The van der Waals surface area contributed by atoms with E-state index < -0.39 is 16.8 Å². The number of ether oxygens (including phenoxy) is 1. The van der Waals surface area contributed by atoms with Crippen molar-refractivity contribution < 1.29 is 24.0 Å². The lowest BCUT2D eigenvalue weighted by atomic mass is 10.1. The lowest BCUT2D eigenvalue weighted by Crippen LogP contribution is -2.27. The highest BCUT2D eigenvalue weighted by molar-refractivity contribution is 8.18. The van der Waals surface area contributed by atoms with Gasteiger partial charge in [-0.05, 0) is 64.0 Å². The van der Waals surface area contributed by atoms with Crippen molar-refractivity contribution in [1.82, 2.24) is 4.90 Å². The Morgan fingerprint density at radius 2 is 1.70 bits per heavy atom. The van der Waals surface area contributed by atoms with Gasteiger partial charge in [0, 0.05) is 12.1 Å². The highest BCUT2D eigenvalue weighted by atomic mass is 32.2. The molecule has 0 N–H and O–H groups in total. The molecule has 0 radical (unpaired) electrons. The Bertz CT molecular complexity index is 1610. The summed E-state index contributed by atoms with van der Waals surface area (Å²) in [6.07, 6.45) is 1.57. The van der Waals surface area contributed by atoms with Crippen LogP contribution in [-0.4, -0.2) is 26.9 Å². The number of thioether (sulfide) groups is 1. The molecular weight excluding hydrogens is 492 g/mol. The average molecular weight is 511 g/mol. The van der Waals surface area contributed by atoms with Gasteiger partial charge in [0.15, 0.2) is 0 Å². The maximum Gasteiger partial charge on any atom is 0.343 e. The van der Waals surface area contributed by atoms with Crippen LogP contribution >= 0.6 is 11.8 Å². The summed E-state index contributed by atoms with van der Waals surface area (Å²) in [7, 11) is 0. The summed E-state index contributed by atoms with van der Waals surface area (Å²) in [6, 6.07) is 25.4. The van der Waals surface area contributed by atoms with Crippen LogP contribution in [0.1, 0.15) is 21.5 Å². The molecule has 0 bridgehead atoms. The minimum Gasteiger partial charge on any atom is -0.423 e. The van der Waals surface area contributed by atoms with Crippen molar-refractivity contribution >= 4 is 51.4 Å². The smallest absolute Gasteiger partial charge is 0.343 e. The number of carbonyl (C=O) groups excluding carboxylic acids is 3. The molecule has 0 atom stereocenters. The first kappa shape index (κ1) is 24.0. The van der Waals surface area contributed by atoms with Crippen LogP contribution in [0.2, 0.25) is 0 Å². The second-order valence-corrected chi connectivity index (χ2v) is 9.21. The highest BCUT2D eigenvalue weighted by Gasteiger charge is 2.35. The second-order valence-electron chi connectivity index (χ2n) is 8.22. The number of nitrogens with zero attached hydrogens (tertiary/aromatic N) is 2. The Morgan fingerprint density at radius 3 is 2.51 bits per heavy atom. The first-order valence-corrected chi connectivity index (χ1v) is 12.0. The molecule has 8 nitrogen and oxygen atoms in total. The Labute approximate surface area is 215 Å². The van der Waals surface area contributed by atoms with Crippen LogP contribution in [0.4, 0.5) is 10.5 Å². The third kappa shape index (κ3) is 5.26. The molecule has 2 amide bonds. The largest absolute Gasteiger partial charge is 0.423 e. The average Bonchev–Trinajstić information content (AvgIpc) is 3.16. The summed E-state index contributed by atoms with van der Waals surface area (Å²) in [5, 5.41) is 12.7. The fraction of sp³-hybridized carbons (Fsp3) is 0.0357. The van der Waals surface area contributed by atoms with E-state index in [2.05, 4.69) is 0 Å². The van der Waals surface area contributed by atoms with Crippen LogP contribution in [-0.2, 0) is 11.3 Å². The van der Waals surface area contributed by atoms with Gasteiger partial charge in [0.1, 0.15) is 5.75 Å². The first-order valence-electron chi connectivity index (χ1n) is 11.2. The summed E-state index contributed by atoms with van der Waals surface area (Å²) in [4.78, 5) is 49.9. The summed E-state index contributed by atoms with van der Waals surface area (Å²) >= 11 is 0.847. The number of hydrogen-bond acceptors (Lipinski definition) is 7. The molecule has 9 heteroatoms. The number of amides is 2. The molecule has 4 aromatic rings. The van der Waals surface area contributed by atoms with Gasteiger partial charge in [-0.1, -0.05) is 54.6 Å². The number of nitro groups is 1. The molecular formula is C28H18N2O6S. The third-order valence-electron chi connectivity index (χ3n) is 5.69. The molecule has 0 spiro atoms. The molecule has 1 aliphatic rings. The monoisotopic (exact) mass is 510 g/mol. The van der Waals surface area contributed by atoms with Gasteiger partial charge in [-0.15, -0.1) is 0 Å². The summed E-state index contributed by atoms with van der Waals surface area (Å²) in [5.74, 6) is -0.959. The van der Waals surface area contributed by atoms with Crippen LogP contribution in [0.15, 0.2) is 95.9 Å². The zero-order valence-corrected chi connectivity index (χ0v) is 20.0. The molecule has 0 saturated carbocycles. The van der Waals surface area contributed by atoms with Gasteiger partial charge in [0.2, 0.25) is 0 Å². The van der Waals surface area contributed by atoms with Gasteiger partial charge < -0.3 is 4.74 Å². The minimum absolute atomic E-state index is 0.0365. The molecule has 1 saturated heterocycles. The Hall–Kier alpha value is -4.76. The fourth-order valence-electron chi connectivity index (χ4n) is 3.89. The molecule has 0 aliphatic carbocycles. The maximum atomic E-state index is 13.0. The third-order valence-corrected chi connectivity index (χ3v) is 6.59. The molecule has 37 heavy (non-hydrogen) atoms. The van der Waals surface area contributed by atoms with E-state index in [1.54, 1.807) is 30.3 Å². The van der Waals surface area contributed by atoms with E-state index in [4.69, 9.17) is 4.74 Å². The Balaban J connectivity index is 1.31. The number of carbonyl (C=O) groups is 3. The van der Waals surface area contributed by atoms with Gasteiger partial charge in [0.05, 0.1) is 21.9 Å². The predicted octanol–water partition coefficient (Wildman–Crippen LogP) is 6.20. The van der Waals surface area contributed by atoms with Gasteiger partial charge in [-0.25, -0.2) is 4.79 Å². The fourth-order valence-corrected chi connectivity index (χ4v) is 4.73. The van der Waals surface area contributed by atoms with E-state index in [0.29, 0.717) is 5.56 Å². The minimum atomic E-state index is -0.753. The van der Waals surface area contributed by atoms with Crippen molar-refractivity contribution in [3.63, 3.8) is 0 Å². The molecule has 5 rings (SSSR count). The van der Waals surface area contributed by atoms with Crippen LogP contribution in [0.25, 0.3) is 16.8 Å². The van der Waals surface area contributed by atoms with Crippen LogP contribution in [0.5, 0.6) is 5.75 Å². The summed E-state index contributed by atoms with van der Waals surface area (Å²) in [6.45, 7) is 0.160. The summed E-state index contributed by atoms with van der Waals surface area (Å²) < 4.78 is 5.36. The normalized spacial score (nSPS) is 14.4.